The van der Waals surface area contributed by atoms with E-state index in [1.54, 1.807) is 14.2 Å². The quantitative estimate of drug-likeness (QED) is 0.806. The van der Waals surface area contributed by atoms with E-state index in [-0.39, 0.29) is 5.60 Å². The molecular weight excluding hydrogens is 290 g/mol. The normalized spacial score (nSPS) is 24.2. The Labute approximate surface area is 139 Å². The topological polar surface area (TPSA) is 30.9 Å². The van der Waals surface area contributed by atoms with Crippen molar-refractivity contribution in [2.45, 2.75) is 37.8 Å². The molecule has 0 amide bonds. The van der Waals surface area contributed by atoms with Gasteiger partial charge < -0.3 is 14.2 Å². The monoisotopic (exact) mass is 319 g/mol. The molecule has 2 aliphatic heterocycles. The van der Waals surface area contributed by atoms with Crippen LogP contribution in [0.25, 0.3) is 0 Å². The molecule has 2 aliphatic rings. The second kappa shape index (κ2) is 7.65. The molecule has 1 aromatic rings. The Hall–Kier alpha value is -1.10. The van der Waals surface area contributed by atoms with E-state index in [9.17, 15) is 0 Å². The lowest BCUT2D eigenvalue weighted by Gasteiger charge is -2.42. The lowest BCUT2D eigenvalue weighted by molar-refractivity contribution is -0.0721. The lowest BCUT2D eigenvalue weighted by Crippen LogP contribution is -2.47. The molecule has 2 heterocycles. The summed E-state index contributed by atoms with van der Waals surface area (Å²) in [4.78, 5) is 2.54. The fraction of sp³-hybridized carbons (Fsp3) is 0.684. The van der Waals surface area contributed by atoms with Crippen LogP contribution in [0.1, 0.15) is 31.2 Å². The van der Waals surface area contributed by atoms with Crippen molar-refractivity contribution in [3.63, 3.8) is 0 Å². The van der Waals surface area contributed by atoms with Crippen molar-refractivity contribution in [3.05, 3.63) is 29.8 Å². The van der Waals surface area contributed by atoms with E-state index >= 15 is 0 Å². The molecule has 1 unspecified atom stereocenters. The second-order valence-electron chi connectivity index (χ2n) is 6.81. The molecule has 1 spiro atoms. The van der Waals surface area contributed by atoms with Gasteiger partial charge in [-0.05, 0) is 49.3 Å². The molecule has 4 nitrogen and oxygen atoms in total. The molecule has 2 saturated heterocycles. The zero-order chi connectivity index (χ0) is 16.1. The highest BCUT2D eigenvalue weighted by Crippen LogP contribution is 2.42. The Morgan fingerprint density at radius 1 is 1.26 bits per heavy atom. The predicted molar refractivity (Wildman–Crippen MR) is 90.8 cm³/mol. The van der Waals surface area contributed by atoms with E-state index in [4.69, 9.17) is 14.2 Å². The molecule has 0 aliphatic carbocycles. The molecule has 23 heavy (non-hydrogen) atoms. The average molecular weight is 319 g/mol. The number of piperidine rings is 1. The molecule has 1 aromatic carbocycles. The third-order valence-corrected chi connectivity index (χ3v) is 5.51. The van der Waals surface area contributed by atoms with Crippen LogP contribution in [-0.2, 0) is 16.0 Å². The van der Waals surface area contributed by atoms with Gasteiger partial charge in [-0.2, -0.15) is 0 Å². The van der Waals surface area contributed by atoms with E-state index in [1.807, 2.05) is 6.07 Å². The summed E-state index contributed by atoms with van der Waals surface area (Å²) >= 11 is 0. The second-order valence-corrected chi connectivity index (χ2v) is 6.81. The maximum atomic E-state index is 6.22. The van der Waals surface area contributed by atoms with E-state index < -0.39 is 0 Å². The van der Waals surface area contributed by atoms with Crippen LogP contribution in [-0.4, -0.2) is 51.0 Å². The van der Waals surface area contributed by atoms with Crippen LogP contribution in [0.3, 0.4) is 0 Å². The van der Waals surface area contributed by atoms with Crippen molar-refractivity contribution >= 4 is 0 Å². The van der Waals surface area contributed by atoms with Gasteiger partial charge in [-0.1, -0.05) is 12.1 Å². The summed E-state index contributed by atoms with van der Waals surface area (Å²) in [6.45, 7) is 4.99. The van der Waals surface area contributed by atoms with Gasteiger partial charge in [0.05, 0.1) is 12.7 Å². The smallest absolute Gasteiger partial charge is 0.119 e. The highest BCUT2D eigenvalue weighted by atomic mass is 16.5. The molecule has 0 radical (unpaired) electrons. The molecule has 128 valence electrons. The minimum atomic E-state index is 0.114. The Morgan fingerprint density at radius 2 is 2.09 bits per heavy atom. The molecule has 4 heteroatoms. The zero-order valence-corrected chi connectivity index (χ0v) is 14.4. The summed E-state index contributed by atoms with van der Waals surface area (Å²) in [6, 6.07) is 8.39. The van der Waals surface area contributed by atoms with Crippen molar-refractivity contribution in [1.82, 2.24) is 4.90 Å². The first-order valence-corrected chi connectivity index (χ1v) is 8.74. The zero-order valence-electron chi connectivity index (χ0n) is 14.4. The summed E-state index contributed by atoms with van der Waals surface area (Å²) in [6.07, 6.45) is 4.61. The largest absolute Gasteiger partial charge is 0.497 e. The van der Waals surface area contributed by atoms with Crippen molar-refractivity contribution in [2.24, 2.45) is 5.92 Å². The molecule has 1 atom stereocenters. The standard InChI is InChI=1S/C19H29NO3/c1-21-12-6-17-7-13-23-19(17)8-10-20(11-9-19)15-16-4-3-5-18(14-16)22-2/h3-5,14,17H,6-13,15H2,1-2H3. The van der Waals surface area contributed by atoms with Crippen molar-refractivity contribution < 1.29 is 14.2 Å². The van der Waals surface area contributed by atoms with Gasteiger partial charge in [0, 0.05) is 40.0 Å². The highest BCUT2D eigenvalue weighted by Gasteiger charge is 2.45. The fourth-order valence-corrected chi connectivity index (χ4v) is 4.12. The van der Waals surface area contributed by atoms with E-state index in [0.717, 1.165) is 57.9 Å². The van der Waals surface area contributed by atoms with Gasteiger partial charge in [0.25, 0.3) is 0 Å². The SMILES string of the molecule is COCCC1CCOC12CCN(Cc1cccc(OC)c1)CC2. The van der Waals surface area contributed by atoms with Crippen LogP contribution in [0.5, 0.6) is 5.75 Å². The number of rotatable bonds is 6. The molecular formula is C19H29NO3. The van der Waals surface area contributed by atoms with Gasteiger partial charge >= 0.3 is 0 Å². The minimum absolute atomic E-state index is 0.114. The summed E-state index contributed by atoms with van der Waals surface area (Å²) in [7, 11) is 3.51. The van der Waals surface area contributed by atoms with Gasteiger partial charge in [-0.15, -0.1) is 0 Å². The van der Waals surface area contributed by atoms with Gasteiger partial charge in [0.15, 0.2) is 0 Å². The predicted octanol–water partition coefficient (Wildman–Crippen LogP) is 3.10. The van der Waals surface area contributed by atoms with Gasteiger partial charge in [0.1, 0.15) is 5.75 Å². The maximum Gasteiger partial charge on any atom is 0.119 e. The van der Waals surface area contributed by atoms with Gasteiger partial charge in [0.2, 0.25) is 0 Å². The van der Waals surface area contributed by atoms with Crippen LogP contribution >= 0.6 is 0 Å². The summed E-state index contributed by atoms with van der Waals surface area (Å²) in [5.74, 6) is 1.61. The van der Waals surface area contributed by atoms with E-state index in [0.29, 0.717) is 5.92 Å². The number of benzene rings is 1. The van der Waals surface area contributed by atoms with Crippen LogP contribution in [0.2, 0.25) is 0 Å². The Kier molecular flexibility index (Phi) is 5.57. The molecule has 0 aromatic heterocycles. The Morgan fingerprint density at radius 3 is 2.83 bits per heavy atom. The number of ether oxygens (including phenoxy) is 3. The van der Waals surface area contributed by atoms with Gasteiger partial charge in [-0.25, -0.2) is 0 Å². The van der Waals surface area contributed by atoms with Crippen LogP contribution in [0.4, 0.5) is 0 Å². The van der Waals surface area contributed by atoms with E-state index in [2.05, 4.69) is 23.1 Å². The number of likely N-dealkylation sites (tertiary alicyclic amines) is 1. The molecule has 0 bridgehead atoms. The first-order valence-electron chi connectivity index (χ1n) is 8.74. The van der Waals surface area contributed by atoms with Crippen LogP contribution < -0.4 is 4.74 Å². The Balaban J connectivity index is 1.55. The van der Waals surface area contributed by atoms with Gasteiger partial charge in [-0.3, -0.25) is 4.90 Å². The maximum absolute atomic E-state index is 6.22. The molecule has 0 saturated carbocycles. The number of hydrogen-bond donors (Lipinski definition) is 0. The third kappa shape index (κ3) is 3.87. The average Bonchev–Trinajstić information content (AvgIpc) is 2.97. The summed E-state index contributed by atoms with van der Waals surface area (Å²) in [5, 5.41) is 0. The van der Waals surface area contributed by atoms with Crippen molar-refractivity contribution in [1.29, 1.82) is 0 Å². The number of nitrogens with zero attached hydrogens (tertiary/aromatic N) is 1. The van der Waals surface area contributed by atoms with Crippen molar-refractivity contribution in [3.8, 4) is 5.75 Å². The molecule has 3 rings (SSSR count). The number of methoxy groups -OCH3 is 2. The lowest BCUT2D eigenvalue weighted by atomic mass is 9.78. The summed E-state index contributed by atoms with van der Waals surface area (Å²) in [5.41, 5.74) is 1.44. The Bertz CT molecular complexity index is 497. The first kappa shape index (κ1) is 16.7. The number of hydrogen-bond acceptors (Lipinski definition) is 4. The highest BCUT2D eigenvalue weighted by molar-refractivity contribution is 5.28. The molecule has 2 fully saturated rings. The van der Waals surface area contributed by atoms with Crippen LogP contribution in [0, 0.1) is 5.92 Å². The van der Waals surface area contributed by atoms with E-state index in [1.165, 1.54) is 12.0 Å². The third-order valence-electron chi connectivity index (χ3n) is 5.51. The van der Waals surface area contributed by atoms with Crippen molar-refractivity contribution in [2.75, 3.05) is 40.5 Å². The minimum Gasteiger partial charge on any atom is -0.497 e. The first-order chi connectivity index (χ1) is 11.3. The fourth-order valence-electron chi connectivity index (χ4n) is 4.12. The summed E-state index contributed by atoms with van der Waals surface area (Å²) < 4.78 is 16.8. The molecule has 0 N–H and O–H groups in total. The van der Waals surface area contributed by atoms with Crippen LogP contribution in [0.15, 0.2) is 24.3 Å².